The van der Waals surface area contributed by atoms with Gasteiger partial charge in [0.05, 0.1) is 13.2 Å². The van der Waals surface area contributed by atoms with Gasteiger partial charge in [-0.25, -0.2) is 0 Å². The molecule has 2 nitrogen and oxygen atoms in total. The van der Waals surface area contributed by atoms with Gasteiger partial charge in [-0.15, -0.1) is 0 Å². The van der Waals surface area contributed by atoms with Crippen LogP contribution in [0.5, 0.6) is 0 Å². The van der Waals surface area contributed by atoms with Crippen molar-refractivity contribution in [3.63, 3.8) is 0 Å². The van der Waals surface area contributed by atoms with Crippen LogP contribution in [0.15, 0.2) is 40.9 Å². The number of hydrogen-bond acceptors (Lipinski definition) is 2. The van der Waals surface area contributed by atoms with Crippen LogP contribution in [-0.2, 0) is 4.74 Å². The molecule has 0 aliphatic heterocycles. The lowest BCUT2D eigenvalue weighted by atomic mass is 10.1. The molecule has 0 fully saturated rings. The third kappa shape index (κ3) is 5.80. The van der Waals surface area contributed by atoms with E-state index in [1.807, 2.05) is 6.92 Å². The highest BCUT2D eigenvalue weighted by molar-refractivity contribution is 9.10. The van der Waals surface area contributed by atoms with Crippen LogP contribution >= 0.6 is 15.9 Å². The number of nitrogens with one attached hydrogen (secondary N) is 1. The number of hydrogen-bond donors (Lipinski definition) is 1. The summed E-state index contributed by atoms with van der Waals surface area (Å²) >= 11 is 3.45. The molecule has 1 rings (SSSR count). The highest BCUT2D eigenvalue weighted by Crippen LogP contribution is 2.19. The second-order valence-electron chi connectivity index (χ2n) is 4.48. The Labute approximate surface area is 119 Å². The Kier molecular flexibility index (Phi) is 7.25. The largest absolute Gasteiger partial charge is 0.376 e. The normalized spacial score (nSPS) is 12.4. The topological polar surface area (TPSA) is 21.3 Å². The van der Waals surface area contributed by atoms with Gasteiger partial charge >= 0.3 is 0 Å². The highest BCUT2D eigenvalue weighted by Gasteiger charge is 2.07. The maximum atomic E-state index is 5.48. The molecule has 1 aromatic rings. The molecule has 0 aliphatic carbocycles. The number of halogens is 1. The van der Waals surface area contributed by atoms with E-state index in [1.165, 1.54) is 5.56 Å². The van der Waals surface area contributed by atoms with Gasteiger partial charge in [0.15, 0.2) is 0 Å². The number of ether oxygens (including phenoxy) is 1. The summed E-state index contributed by atoms with van der Waals surface area (Å²) in [6.07, 6.45) is 1.07. The first-order valence-electron chi connectivity index (χ1n) is 6.34. The van der Waals surface area contributed by atoms with Crippen molar-refractivity contribution in [2.45, 2.75) is 26.3 Å². The molecular weight excluding hydrogens is 290 g/mol. The number of benzene rings is 1. The zero-order valence-electron chi connectivity index (χ0n) is 11.2. The molecule has 0 heterocycles. The van der Waals surface area contributed by atoms with Gasteiger partial charge in [-0.3, -0.25) is 0 Å². The van der Waals surface area contributed by atoms with Gasteiger partial charge in [0.1, 0.15) is 0 Å². The van der Waals surface area contributed by atoms with Gasteiger partial charge < -0.3 is 10.1 Å². The Morgan fingerprint density at radius 1 is 1.39 bits per heavy atom. The third-order valence-corrected chi connectivity index (χ3v) is 3.19. The summed E-state index contributed by atoms with van der Waals surface area (Å²) in [6, 6.07) is 8.86. The van der Waals surface area contributed by atoms with Gasteiger partial charge in [0.25, 0.3) is 0 Å². The van der Waals surface area contributed by atoms with E-state index in [0.717, 1.165) is 29.6 Å². The molecule has 0 amide bonds. The van der Waals surface area contributed by atoms with Gasteiger partial charge in [0, 0.05) is 17.1 Å². The van der Waals surface area contributed by atoms with E-state index in [1.54, 1.807) is 0 Å². The quantitative estimate of drug-likeness (QED) is 0.577. The van der Waals surface area contributed by atoms with E-state index in [9.17, 15) is 0 Å². The average Bonchev–Trinajstić information content (AvgIpc) is 2.35. The van der Waals surface area contributed by atoms with E-state index < -0.39 is 0 Å². The third-order valence-electron chi connectivity index (χ3n) is 2.67. The molecule has 0 saturated carbocycles. The minimum atomic E-state index is 0.395. The van der Waals surface area contributed by atoms with E-state index in [2.05, 4.69) is 59.0 Å². The number of rotatable bonds is 8. The molecule has 0 radical (unpaired) electrons. The molecule has 100 valence electrons. The molecule has 0 aromatic heterocycles. The summed E-state index contributed by atoms with van der Waals surface area (Å²) in [6.45, 7) is 10.2. The second-order valence-corrected chi connectivity index (χ2v) is 5.39. The molecule has 1 N–H and O–H groups in total. The predicted octanol–water partition coefficient (Wildman–Crippen LogP) is 4.08. The predicted molar refractivity (Wildman–Crippen MR) is 80.8 cm³/mol. The highest BCUT2D eigenvalue weighted by atomic mass is 79.9. The summed E-state index contributed by atoms with van der Waals surface area (Å²) in [5.74, 6) is 0. The van der Waals surface area contributed by atoms with Gasteiger partial charge in [-0.1, -0.05) is 47.1 Å². The van der Waals surface area contributed by atoms with Crippen LogP contribution < -0.4 is 5.32 Å². The van der Waals surface area contributed by atoms with Gasteiger partial charge in [-0.05, 0) is 31.0 Å². The van der Waals surface area contributed by atoms with Crippen molar-refractivity contribution in [1.82, 2.24) is 5.32 Å². The molecule has 0 spiro atoms. The van der Waals surface area contributed by atoms with E-state index >= 15 is 0 Å². The lowest BCUT2D eigenvalue weighted by Gasteiger charge is -2.17. The lowest BCUT2D eigenvalue weighted by molar-refractivity contribution is 0.155. The fraction of sp³-hybridized carbons (Fsp3) is 0.467. The lowest BCUT2D eigenvalue weighted by Crippen LogP contribution is -2.25. The first kappa shape index (κ1) is 15.4. The van der Waals surface area contributed by atoms with Crippen molar-refractivity contribution >= 4 is 15.9 Å². The van der Waals surface area contributed by atoms with Crippen LogP contribution in [-0.4, -0.2) is 19.8 Å². The molecule has 0 saturated heterocycles. The summed E-state index contributed by atoms with van der Waals surface area (Å²) in [4.78, 5) is 0. The van der Waals surface area contributed by atoms with Crippen LogP contribution in [0.4, 0.5) is 0 Å². The van der Waals surface area contributed by atoms with Crippen LogP contribution in [0.2, 0.25) is 0 Å². The fourth-order valence-electron chi connectivity index (χ4n) is 1.74. The minimum Gasteiger partial charge on any atom is -0.376 e. The molecule has 3 heteroatoms. The summed E-state index contributed by atoms with van der Waals surface area (Å²) < 4.78 is 6.59. The van der Waals surface area contributed by atoms with Crippen molar-refractivity contribution in [2.75, 3.05) is 19.8 Å². The standard InChI is InChI=1S/C15H22BrNO/c1-4-15(13-5-7-14(16)8-6-13)17-9-10-18-11-12(2)3/h5-8,15,17H,2,4,9-11H2,1,3H3. The summed E-state index contributed by atoms with van der Waals surface area (Å²) in [7, 11) is 0. The minimum absolute atomic E-state index is 0.395. The molecule has 18 heavy (non-hydrogen) atoms. The van der Waals surface area contributed by atoms with Crippen LogP contribution in [0.25, 0.3) is 0 Å². The van der Waals surface area contributed by atoms with Gasteiger partial charge in [-0.2, -0.15) is 0 Å². The van der Waals surface area contributed by atoms with Gasteiger partial charge in [0.2, 0.25) is 0 Å². The maximum Gasteiger partial charge on any atom is 0.0672 e. The fourth-order valence-corrected chi connectivity index (χ4v) is 2.01. The van der Waals surface area contributed by atoms with Crippen molar-refractivity contribution < 1.29 is 4.74 Å². The molecule has 0 bridgehead atoms. The Hall–Kier alpha value is -0.640. The van der Waals surface area contributed by atoms with Crippen molar-refractivity contribution in [2.24, 2.45) is 0 Å². The maximum absolute atomic E-state index is 5.48. The zero-order chi connectivity index (χ0) is 13.4. The average molecular weight is 312 g/mol. The van der Waals surface area contributed by atoms with Crippen LogP contribution in [0, 0.1) is 0 Å². The first-order chi connectivity index (χ1) is 8.63. The summed E-state index contributed by atoms with van der Waals surface area (Å²) in [5.41, 5.74) is 2.38. The molecule has 1 atom stereocenters. The Bertz CT molecular complexity index is 361. The van der Waals surface area contributed by atoms with E-state index in [0.29, 0.717) is 12.6 Å². The first-order valence-corrected chi connectivity index (χ1v) is 7.13. The Balaban J connectivity index is 2.33. The monoisotopic (exact) mass is 311 g/mol. The van der Waals surface area contributed by atoms with Crippen LogP contribution in [0.1, 0.15) is 31.9 Å². The molecule has 1 unspecified atom stereocenters. The Morgan fingerprint density at radius 2 is 2.06 bits per heavy atom. The summed E-state index contributed by atoms with van der Waals surface area (Å²) in [5, 5.41) is 3.51. The van der Waals surface area contributed by atoms with E-state index in [4.69, 9.17) is 4.74 Å². The second kappa shape index (κ2) is 8.46. The Morgan fingerprint density at radius 3 is 2.61 bits per heavy atom. The zero-order valence-corrected chi connectivity index (χ0v) is 12.8. The van der Waals surface area contributed by atoms with Crippen molar-refractivity contribution in [3.05, 3.63) is 46.5 Å². The molecular formula is C15H22BrNO. The van der Waals surface area contributed by atoms with Crippen LogP contribution in [0.3, 0.4) is 0 Å². The SMILES string of the molecule is C=C(C)COCCNC(CC)c1ccc(Br)cc1. The smallest absolute Gasteiger partial charge is 0.0672 e. The van der Waals surface area contributed by atoms with E-state index in [-0.39, 0.29) is 0 Å². The van der Waals surface area contributed by atoms with Crippen molar-refractivity contribution in [1.29, 1.82) is 0 Å². The van der Waals surface area contributed by atoms with Crippen molar-refractivity contribution in [3.8, 4) is 0 Å². The molecule has 1 aromatic carbocycles. The molecule has 0 aliphatic rings.